The molecule has 0 fully saturated rings. The summed E-state index contributed by atoms with van der Waals surface area (Å²) in [6.45, 7) is 0. The summed E-state index contributed by atoms with van der Waals surface area (Å²) in [5, 5.41) is 9.62. The molecule has 14 heavy (non-hydrogen) atoms. The Morgan fingerprint density at radius 2 is 2.43 bits per heavy atom. The normalized spacial score (nSPS) is 14.5. The highest BCUT2D eigenvalue weighted by Crippen LogP contribution is 2.14. The minimum Gasteiger partial charge on any atom is -0.468 e. The lowest BCUT2D eigenvalue weighted by Crippen LogP contribution is -2.37. The molecule has 0 aliphatic rings. The first-order valence-electron chi connectivity index (χ1n) is 4.08. The van der Waals surface area contributed by atoms with Crippen molar-refractivity contribution in [3.8, 4) is 0 Å². The van der Waals surface area contributed by atoms with Gasteiger partial charge < -0.3 is 15.6 Å². The van der Waals surface area contributed by atoms with Crippen molar-refractivity contribution in [2.75, 3.05) is 7.11 Å². The number of pyridine rings is 1. The van der Waals surface area contributed by atoms with Crippen LogP contribution in [0.1, 0.15) is 11.7 Å². The molecule has 1 rings (SSSR count). The number of methoxy groups -OCH3 is 1. The second kappa shape index (κ2) is 4.69. The average molecular weight is 196 g/mol. The van der Waals surface area contributed by atoms with E-state index < -0.39 is 18.1 Å². The Bertz CT molecular complexity index is 302. The quantitative estimate of drug-likeness (QED) is 0.643. The van der Waals surface area contributed by atoms with Crippen LogP contribution in [0.2, 0.25) is 0 Å². The maximum absolute atomic E-state index is 11.0. The monoisotopic (exact) mass is 196 g/mol. The third-order valence-corrected chi connectivity index (χ3v) is 1.84. The van der Waals surface area contributed by atoms with Gasteiger partial charge in [0.2, 0.25) is 0 Å². The molecule has 2 unspecified atom stereocenters. The summed E-state index contributed by atoms with van der Waals surface area (Å²) < 4.78 is 4.41. The number of aliphatic hydroxyl groups excluding tert-OH is 1. The first-order chi connectivity index (χ1) is 6.66. The number of nitrogens with two attached hydrogens (primary N) is 1. The van der Waals surface area contributed by atoms with Gasteiger partial charge in [0, 0.05) is 18.0 Å². The number of hydrogen-bond donors (Lipinski definition) is 2. The summed E-state index contributed by atoms with van der Waals surface area (Å²) >= 11 is 0. The van der Waals surface area contributed by atoms with Gasteiger partial charge in [-0.25, -0.2) is 0 Å². The van der Waals surface area contributed by atoms with E-state index in [9.17, 15) is 9.90 Å². The molecule has 1 aromatic heterocycles. The van der Waals surface area contributed by atoms with Gasteiger partial charge in [-0.2, -0.15) is 0 Å². The van der Waals surface area contributed by atoms with Crippen molar-refractivity contribution in [3.63, 3.8) is 0 Å². The second-order valence-corrected chi connectivity index (χ2v) is 2.78. The van der Waals surface area contributed by atoms with Crippen LogP contribution in [-0.4, -0.2) is 29.2 Å². The van der Waals surface area contributed by atoms with Crippen LogP contribution in [0.15, 0.2) is 24.5 Å². The molecule has 0 spiro atoms. The molecule has 5 nitrogen and oxygen atoms in total. The van der Waals surface area contributed by atoms with E-state index in [1.807, 2.05) is 0 Å². The number of hydrogen-bond acceptors (Lipinski definition) is 5. The highest BCUT2D eigenvalue weighted by atomic mass is 16.5. The zero-order valence-electron chi connectivity index (χ0n) is 7.75. The molecule has 3 N–H and O–H groups in total. The Labute approximate surface area is 81.5 Å². The first-order valence-corrected chi connectivity index (χ1v) is 4.08. The first kappa shape index (κ1) is 10.6. The van der Waals surface area contributed by atoms with Crippen molar-refractivity contribution in [2.45, 2.75) is 12.1 Å². The third kappa shape index (κ3) is 2.27. The van der Waals surface area contributed by atoms with E-state index in [1.165, 1.54) is 13.3 Å². The summed E-state index contributed by atoms with van der Waals surface area (Å²) in [7, 11) is 1.22. The van der Waals surface area contributed by atoms with Crippen LogP contribution < -0.4 is 5.73 Å². The van der Waals surface area contributed by atoms with Crippen LogP contribution in [-0.2, 0) is 9.53 Å². The summed E-state index contributed by atoms with van der Waals surface area (Å²) in [6.07, 6.45) is 1.93. The predicted molar refractivity (Wildman–Crippen MR) is 49.2 cm³/mol. The molecule has 0 saturated heterocycles. The van der Waals surface area contributed by atoms with E-state index >= 15 is 0 Å². The predicted octanol–water partition coefficient (Wildman–Crippen LogP) is -0.385. The third-order valence-electron chi connectivity index (χ3n) is 1.84. The van der Waals surface area contributed by atoms with Gasteiger partial charge >= 0.3 is 5.97 Å². The highest BCUT2D eigenvalue weighted by molar-refractivity contribution is 5.76. The van der Waals surface area contributed by atoms with Crippen molar-refractivity contribution in [3.05, 3.63) is 30.1 Å². The van der Waals surface area contributed by atoms with Gasteiger partial charge in [0.1, 0.15) is 12.1 Å². The molecule has 76 valence electrons. The lowest BCUT2D eigenvalue weighted by molar-refractivity contribution is -0.145. The largest absolute Gasteiger partial charge is 0.468 e. The Morgan fingerprint density at radius 1 is 1.71 bits per heavy atom. The van der Waals surface area contributed by atoms with E-state index in [-0.39, 0.29) is 0 Å². The molecule has 0 aromatic carbocycles. The number of aromatic nitrogens is 1. The van der Waals surface area contributed by atoms with Crippen molar-refractivity contribution < 1.29 is 14.6 Å². The molecule has 0 radical (unpaired) electrons. The molecular weight excluding hydrogens is 184 g/mol. The number of rotatable bonds is 3. The summed E-state index contributed by atoms with van der Waals surface area (Å²) in [6, 6.07) is 2.22. The molecule has 0 aliphatic carbocycles. The highest BCUT2D eigenvalue weighted by Gasteiger charge is 2.24. The fourth-order valence-electron chi connectivity index (χ4n) is 1.02. The smallest absolute Gasteiger partial charge is 0.325 e. The van der Waals surface area contributed by atoms with Crippen LogP contribution in [0.25, 0.3) is 0 Å². The minimum absolute atomic E-state index is 0.491. The zero-order chi connectivity index (χ0) is 10.6. The number of esters is 1. The topological polar surface area (TPSA) is 85.4 Å². The van der Waals surface area contributed by atoms with Crippen molar-refractivity contribution in [1.29, 1.82) is 0 Å². The van der Waals surface area contributed by atoms with Crippen LogP contribution >= 0.6 is 0 Å². The van der Waals surface area contributed by atoms with E-state index in [1.54, 1.807) is 18.3 Å². The Morgan fingerprint density at radius 3 is 2.93 bits per heavy atom. The van der Waals surface area contributed by atoms with Gasteiger partial charge in [-0.3, -0.25) is 9.78 Å². The van der Waals surface area contributed by atoms with Crippen molar-refractivity contribution >= 4 is 5.97 Å². The van der Waals surface area contributed by atoms with Crippen molar-refractivity contribution in [2.24, 2.45) is 5.73 Å². The lowest BCUT2D eigenvalue weighted by atomic mass is 10.1. The number of nitrogens with zero attached hydrogens (tertiary/aromatic N) is 1. The molecule has 0 aliphatic heterocycles. The standard InChI is InChI=1S/C9H12N2O3/c1-14-9(13)7(10)8(12)6-3-2-4-11-5-6/h2-5,7-8,12H,10H2,1H3. The maximum atomic E-state index is 11.0. The van der Waals surface area contributed by atoms with E-state index in [0.717, 1.165) is 0 Å². The summed E-state index contributed by atoms with van der Waals surface area (Å²) in [5.74, 6) is -0.652. The lowest BCUT2D eigenvalue weighted by Gasteiger charge is -2.16. The van der Waals surface area contributed by atoms with Crippen LogP contribution in [0.4, 0.5) is 0 Å². The molecule has 5 heteroatoms. The van der Waals surface area contributed by atoms with Gasteiger partial charge in [0.25, 0.3) is 0 Å². The van der Waals surface area contributed by atoms with Crippen LogP contribution in [0.3, 0.4) is 0 Å². The fraction of sp³-hybridized carbons (Fsp3) is 0.333. The van der Waals surface area contributed by atoms with Crippen molar-refractivity contribution in [1.82, 2.24) is 4.98 Å². The minimum atomic E-state index is -1.09. The zero-order valence-corrected chi connectivity index (χ0v) is 7.75. The second-order valence-electron chi connectivity index (χ2n) is 2.78. The maximum Gasteiger partial charge on any atom is 0.325 e. The van der Waals surface area contributed by atoms with Gasteiger partial charge in [-0.15, -0.1) is 0 Å². The van der Waals surface area contributed by atoms with Gasteiger partial charge in [-0.05, 0) is 6.07 Å². The Kier molecular flexibility index (Phi) is 3.55. The average Bonchev–Trinajstić information content (AvgIpc) is 2.27. The van der Waals surface area contributed by atoms with Crippen LogP contribution in [0.5, 0.6) is 0 Å². The van der Waals surface area contributed by atoms with Gasteiger partial charge in [-0.1, -0.05) is 6.07 Å². The molecule has 0 amide bonds. The number of carbonyl (C=O) groups excluding carboxylic acids is 1. The number of carbonyl (C=O) groups is 1. The molecule has 2 atom stereocenters. The molecule has 0 saturated carbocycles. The molecular formula is C9H12N2O3. The van der Waals surface area contributed by atoms with E-state index in [0.29, 0.717) is 5.56 Å². The SMILES string of the molecule is COC(=O)C(N)C(O)c1cccnc1. The number of aliphatic hydroxyl groups is 1. The summed E-state index contributed by atoms with van der Waals surface area (Å²) in [5.41, 5.74) is 5.94. The van der Waals surface area contributed by atoms with E-state index in [4.69, 9.17) is 5.73 Å². The van der Waals surface area contributed by atoms with Crippen LogP contribution in [0, 0.1) is 0 Å². The van der Waals surface area contributed by atoms with Gasteiger partial charge in [0.05, 0.1) is 7.11 Å². The fourth-order valence-corrected chi connectivity index (χ4v) is 1.02. The molecule has 1 heterocycles. The number of ether oxygens (including phenoxy) is 1. The Balaban J connectivity index is 2.75. The van der Waals surface area contributed by atoms with Gasteiger partial charge in [0.15, 0.2) is 0 Å². The molecule has 0 bridgehead atoms. The summed E-state index contributed by atoms with van der Waals surface area (Å²) in [4.78, 5) is 14.8. The molecule has 1 aromatic rings. The Hall–Kier alpha value is -1.46. The van der Waals surface area contributed by atoms with E-state index in [2.05, 4.69) is 9.72 Å².